The van der Waals surface area contributed by atoms with Gasteiger partial charge in [-0.1, -0.05) is 35.9 Å². The molecule has 0 aliphatic rings. The molecule has 1 heterocycles. The van der Waals surface area contributed by atoms with Crippen LogP contribution in [0.25, 0.3) is 0 Å². The van der Waals surface area contributed by atoms with E-state index in [-0.39, 0.29) is 17.5 Å². The SMILES string of the molecule is O=C(NCc1ccc(F)cc1)c1ccc(CSCc2cccc(Cl)c2)o1. The first-order chi connectivity index (χ1) is 12.6. The predicted octanol–water partition coefficient (Wildman–Crippen LogP) is 5.44. The highest BCUT2D eigenvalue weighted by atomic mass is 35.5. The Morgan fingerprint density at radius 3 is 2.62 bits per heavy atom. The maximum absolute atomic E-state index is 12.9. The normalized spacial score (nSPS) is 10.7. The lowest BCUT2D eigenvalue weighted by Crippen LogP contribution is -2.22. The van der Waals surface area contributed by atoms with Crippen molar-refractivity contribution in [3.63, 3.8) is 0 Å². The highest BCUT2D eigenvalue weighted by Crippen LogP contribution is 2.21. The van der Waals surface area contributed by atoms with Gasteiger partial charge in [0.25, 0.3) is 5.91 Å². The molecule has 0 fully saturated rings. The number of halogens is 2. The molecule has 0 unspecified atom stereocenters. The predicted molar refractivity (Wildman–Crippen MR) is 103 cm³/mol. The van der Waals surface area contributed by atoms with Crippen LogP contribution in [0.3, 0.4) is 0 Å². The number of amides is 1. The lowest BCUT2D eigenvalue weighted by atomic mass is 10.2. The third-order valence-corrected chi connectivity index (χ3v) is 4.92. The standard InChI is InChI=1S/C20H17ClFNO2S/c21-16-3-1-2-15(10-16)12-26-13-18-8-9-19(25-18)20(24)23-11-14-4-6-17(22)7-5-14/h1-10H,11-13H2,(H,23,24). The van der Waals surface area contributed by atoms with E-state index < -0.39 is 0 Å². The molecule has 0 aliphatic carbocycles. The van der Waals surface area contributed by atoms with Gasteiger partial charge in [0.05, 0.1) is 5.75 Å². The summed E-state index contributed by atoms with van der Waals surface area (Å²) in [4.78, 5) is 12.1. The van der Waals surface area contributed by atoms with Crippen LogP contribution >= 0.6 is 23.4 Å². The van der Waals surface area contributed by atoms with E-state index in [1.807, 2.05) is 24.3 Å². The van der Waals surface area contributed by atoms with Gasteiger partial charge in [0.15, 0.2) is 5.76 Å². The first-order valence-electron chi connectivity index (χ1n) is 8.04. The molecule has 0 saturated carbocycles. The molecule has 0 spiro atoms. The van der Waals surface area contributed by atoms with Crippen molar-refractivity contribution >= 4 is 29.3 Å². The van der Waals surface area contributed by atoms with Crippen molar-refractivity contribution in [1.29, 1.82) is 0 Å². The summed E-state index contributed by atoms with van der Waals surface area (Å²) in [7, 11) is 0. The van der Waals surface area contributed by atoms with Gasteiger partial charge in [-0.2, -0.15) is 0 Å². The van der Waals surface area contributed by atoms with Crippen LogP contribution in [0.2, 0.25) is 5.02 Å². The second kappa shape index (κ2) is 8.92. The van der Waals surface area contributed by atoms with Gasteiger partial charge in [-0.25, -0.2) is 4.39 Å². The van der Waals surface area contributed by atoms with Crippen LogP contribution in [-0.2, 0) is 18.1 Å². The summed E-state index contributed by atoms with van der Waals surface area (Å²) in [5.41, 5.74) is 1.97. The summed E-state index contributed by atoms with van der Waals surface area (Å²) in [6.07, 6.45) is 0. The zero-order chi connectivity index (χ0) is 18.4. The molecule has 3 rings (SSSR count). The Kier molecular flexibility index (Phi) is 6.36. The number of nitrogens with one attached hydrogen (secondary N) is 1. The number of carbonyl (C=O) groups excluding carboxylic acids is 1. The minimum absolute atomic E-state index is 0.269. The zero-order valence-electron chi connectivity index (χ0n) is 13.9. The van der Waals surface area contributed by atoms with Gasteiger partial charge in [-0.05, 0) is 47.5 Å². The summed E-state index contributed by atoms with van der Waals surface area (Å²) >= 11 is 7.65. The molecule has 6 heteroatoms. The molecule has 2 aromatic carbocycles. The topological polar surface area (TPSA) is 42.2 Å². The molecule has 0 saturated heterocycles. The quantitative estimate of drug-likeness (QED) is 0.585. The first-order valence-corrected chi connectivity index (χ1v) is 9.57. The molecule has 26 heavy (non-hydrogen) atoms. The van der Waals surface area contributed by atoms with E-state index in [1.54, 1.807) is 36.0 Å². The first kappa shape index (κ1) is 18.5. The number of hydrogen-bond donors (Lipinski definition) is 1. The third-order valence-electron chi connectivity index (χ3n) is 3.65. The van der Waals surface area contributed by atoms with Gasteiger partial charge in [0.2, 0.25) is 0 Å². The number of rotatable bonds is 7. The minimum Gasteiger partial charge on any atom is -0.455 e. The van der Waals surface area contributed by atoms with Crippen molar-refractivity contribution in [2.45, 2.75) is 18.1 Å². The third kappa shape index (κ3) is 5.38. The molecule has 3 nitrogen and oxygen atoms in total. The van der Waals surface area contributed by atoms with E-state index in [0.717, 1.165) is 27.7 Å². The molecule has 0 bridgehead atoms. The summed E-state index contributed by atoms with van der Waals surface area (Å²) in [6, 6.07) is 17.2. The van der Waals surface area contributed by atoms with Gasteiger partial charge >= 0.3 is 0 Å². The van der Waals surface area contributed by atoms with Crippen LogP contribution in [0.15, 0.2) is 65.1 Å². The minimum atomic E-state index is -0.300. The Hall–Kier alpha value is -2.24. The number of furan rings is 1. The van der Waals surface area contributed by atoms with Crippen molar-refractivity contribution in [1.82, 2.24) is 5.32 Å². The average Bonchev–Trinajstić information content (AvgIpc) is 3.10. The van der Waals surface area contributed by atoms with Crippen molar-refractivity contribution in [3.8, 4) is 0 Å². The smallest absolute Gasteiger partial charge is 0.287 e. The van der Waals surface area contributed by atoms with Crippen LogP contribution < -0.4 is 5.32 Å². The number of thioether (sulfide) groups is 1. The maximum atomic E-state index is 12.9. The number of benzene rings is 2. The van der Waals surface area contributed by atoms with Gasteiger partial charge in [-0.3, -0.25) is 4.79 Å². The Balaban J connectivity index is 1.47. The van der Waals surface area contributed by atoms with Crippen molar-refractivity contribution in [2.24, 2.45) is 0 Å². The monoisotopic (exact) mass is 389 g/mol. The maximum Gasteiger partial charge on any atom is 0.287 e. The highest BCUT2D eigenvalue weighted by molar-refractivity contribution is 7.97. The molecule has 0 aliphatic heterocycles. The second-order valence-electron chi connectivity index (χ2n) is 5.70. The Morgan fingerprint density at radius 1 is 1.04 bits per heavy atom. The van der Waals surface area contributed by atoms with Gasteiger partial charge < -0.3 is 9.73 Å². The van der Waals surface area contributed by atoms with Gasteiger partial charge in [0, 0.05) is 17.3 Å². The molecule has 1 amide bonds. The van der Waals surface area contributed by atoms with Crippen molar-refractivity contribution in [2.75, 3.05) is 0 Å². The Labute approximate surface area is 160 Å². The van der Waals surface area contributed by atoms with Crippen LogP contribution in [0.1, 0.15) is 27.4 Å². The number of hydrogen-bond acceptors (Lipinski definition) is 3. The second-order valence-corrected chi connectivity index (χ2v) is 7.12. The largest absolute Gasteiger partial charge is 0.455 e. The van der Waals surface area contributed by atoms with Gasteiger partial charge in [-0.15, -0.1) is 11.8 Å². The highest BCUT2D eigenvalue weighted by Gasteiger charge is 2.11. The van der Waals surface area contributed by atoms with E-state index in [2.05, 4.69) is 5.32 Å². The van der Waals surface area contributed by atoms with Crippen LogP contribution in [-0.4, -0.2) is 5.91 Å². The number of carbonyl (C=O) groups is 1. The molecule has 0 atom stereocenters. The fourth-order valence-electron chi connectivity index (χ4n) is 2.35. The van der Waals surface area contributed by atoms with Crippen LogP contribution in [0.4, 0.5) is 4.39 Å². The molecule has 1 aromatic heterocycles. The summed E-state index contributed by atoms with van der Waals surface area (Å²) in [5.74, 6) is 1.89. The summed E-state index contributed by atoms with van der Waals surface area (Å²) < 4.78 is 18.5. The summed E-state index contributed by atoms with van der Waals surface area (Å²) in [5, 5.41) is 3.48. The van der Waals surface area contributed by atoms with Crippen molar-refractivity contribution < 1.29 is 13.6 Å². The molecular formula is C20H17ClFNO2S. The summed E-state index contributed by atoms with van der Waals surface area (Å²) in [6.45, 7) is 0.318. The fourth-order valence-corrected chi connectivity index (χ4v) is 3.43. The lowest BCUT2D eigenvalue weighted by Gasteiger charge is -2.03. The van der Waals surface area contributed by atoms with E-state index in [0.29, 0.717) is 12.3 Å². The van der Waals surface area contributed by atoms with Gasteiger partial charge in [0.1, 0.15) is 11.6 Å². The van der Waals surface area contributed by atoms with E-state index in [1.165, 1.54) is 12.1 Å². The van der Waals surface area contributed by atoms with Crippen LogP contribution in [0, 0.1) is 5.82 Å². The molecular weight excluding hydrogens is 373 g/mol. The average molecular weight is 390 g/mol. The Morgan fingerprint density at radius 2 is 1.85 bits per heavy atom. The molecule has 1 N–H and O–H groups in total. The fraction of sp³-hybridized carbons (Fsp3) is 0.150. The Bertz CT molecular complexity index is 880. The van der Waals surface area contributed by atoms with Crippen molar-refractivity contribution in [3.05, 3.63) is 94.2 Å². The van der Waals surface area contributed by atoms with Crippen LogP contribution in [0.5, 0.6) is 0 Å². The van der Waals surface area contributed by atoms with E-state index in [9.17, 15) is 9.18 Å². The lowest BCUT2D eigenvalue weighted by molar-refractivity contribution is 0.0922. The molecule has 134 valence electrons. The molecule has 3 aromatic rings. The zero-order valence-corrected chi connectivity index (χ0v) is 15.4. The van der Waals surface area contributed by atoms with E-state index >= 15 is 0 Å². The molecule has 0 radical (unpaired) electrons. The van der Waals surface area contributed by atoms with E-state index in [4.69, 9.17) is 16.0 Å².